The van der Waals surface area contributed by atoms with Gasteiger partial charge in [0.2, 0.25) is 5.65 Å². The molecular weight excluding hydrogens is 332 g/mol. The number of imidazole rings is 1. The predicted molar refractivity (Wildman–Crippen MR) is 99.7 cm³/mol. The smallest absolute Gasteiger partial charge is 0.294 e. The number of fused-ring (bicyclic) bond motifs is 1. The number of hydrogen-bond donors (Lipinski definition) is 0. The van der Waals surface area contributed by atoms with Crippen molar-refractivity contribution in [1.82, 2.24) is 18.9 Å². The van der Waals surface area contributed by atoms with Crippen molar-refractivity contribution < 1.29 is 9.53 Å². The largest absolute Gasteiger partial charge is 0.497 e. The minimum absolute atomic E-state index is 0.0463. The number of amides is 1. The topological polar surface area (TPSA) is 68.8 Å². The van der Waals surface area contributed by atoms with Crippen molar-refractivity contribution in [2.75, 3.05) is 14.2 Å². The third-order valence-electron chi connectivity index (χ3n) is 4.55. The van der Waals surface area contributed by atoms with Gasteiger partial charge in [-0.1, -0.05) is 0 Å². The molecule has 2 heterocycles. The summed E-state index contributed by atoms with van der Waals surface area (Å²) in [7, 11) is 5.02. The number of benzene rings is 1. The lowest BCUT2D eigenvalue weighted by atomic mass is 10.1. The van der Waals surface area contributed by atoms with Gasteiger partial charge in [0.05, 0.1) is 12.8 Å². The second kappa shape index (κ2) is 6.67. The van der Waals surface area contributed by atoms with Gasteiger partial charge in [-0.25, -0.2) is 4.98 Å². The Bertz CT molecular complexity index is 1020. The van der Waals surface area contributed by atoms with Crippen LogP contribution in [0.1, 0.15) is 24.3 Å². The van der Waals surface area contributed by atoms with E-state index in [1.54, 1.807) is 42.9 Å². The van der Waals surface area contributed by atoms with Crippen LogP contribution in [0, 0.1) is 0 Å². The van der Waals surface area contributed by atoms with Gasteiger partial charge in [0, 0.05) is 38.1 Å². The van der Waals surface area contributed by atoms with Gasteiger partial charge in [-0.05, 0) is 38.1 Å². The van der Waals surface area contributed by atoms with Crippen molar-refractivity contribution in [1.29, 1.82) is 0 Å². The highest BCUT2D eigenvalue weighted by Crippen LogP contribution is 2.21. The average molecular weight is 354 g/mol. The Kier molecular flexibility index (Phi) is 4.54. The lowest BCUT2D eigenvalue weighted by Gasteiger charge is -2.19. The number of carbonyl (C=O) groups excluding carboxylic acids is 1. The van der Waals surface area contributed by atoms with Crippen LogP contribution in [-0.4, -0.2) is 45.0 Å². The molecule has 0 fully saturated rings. The summed E-state index contributed by atoms with van der Waals surface area (Å²) >= 11 is 0. The van der Waals surface area contributed by atoms with Crippen molar-refractivity contribution >= 4 is 11.6 Å². The molecule has 0 aliphatic rings. The number of ether oxygens (including phenoxy) is 1. The monoisotopic (exact) mass is 354 g/mol. The first-order chi connectivity index (χ1) is 12.3. The predicted octanol–water partition coefficient (Wildman–Crippen LogP) is 2.19. The van der Waals surface area contributed by atoms with E-state index < -0.39 is 0 Å². The second-order valence-corrected chi connectivity index (χ2v) is 6.47. The molecule has 1 aromatic carbocycles. The Hall–Kier alpha value is -3.09. The fourth-order valence-electron chi connectivity index (χ4n) is 2.68. The number of carbonyl (C=O) groups is 1. The average Bonchev–Trinajstić information content (AvgIpc) is 3.07. The van der Waals surface area contributed by atoms with E-state index >= 15 is 0 Å². The van der Waals surface area contributed by atoms with E-state index in [1.807, 2.05) is 38.1 Å². The zero-order chi connectivity index (χ0) is 19.0. The highest BCUT2D eigenvalue weighted by atomic mass is 16.5. The van der Waals surface area contributed by atoms with Crippen LogP contribution in [0.25, 0.3) is 16.9 Å². The van der Waals surface area contributed by atoms with E-state index in [4.69, 9.17) is 4.74 Å². The number of aromatic nitrogens is 3. The number of hydrogen-bond acceptors (Lipinski definition) is 4. The summed E-state index contributed by atoms with van der Waals surface area (Å²) in [5.41, 5.74) is 1.81. The Morgan fingerprint density at radius 3 is 2.42 bits per heavy atom. The lowest BCUT2D eigenvalue weighted by molar-refractivity contribution is 0.0749. The molecule has 0 N–H and O–H groups in total. The summed E-state index contributed by atoms with van der Waals surface area (Å²) < 4.78 is 8.32. The van der Waals surface area contributed by atoms with Crippen LogP contribution in [0.5, 0.6) is 5.75 Å². The van der Waals surface area contributed by atoms with Crippen LogP contribution in [0.4, 0.5) is 0 Å². The Morgan fingerprint density at radius 1 is 1.19 bits per heavy atom. The maximum absolute atomic E-state index is 12.7. The quantitative estimate of drug-likeness (QED) is 0.720. The molecule has 3 aromatic rings. The fourth-order valence-corrected chi connectivity index (χ4v) is 2.68. The second-order valence-electron chi connectivity index (χ2n) is 6.47. The van der Waals surface area contributed by atoms with E-state index in [9.17, 15) is 9.59 Å². The molecular formula is C19H22N4O3. The van der Waals surface area contributed by atoms with Gasteiger partial charge in [-0.3, -0.25) is 14.0 Å². The van der Waals surface area contributed by atoms with Crippen molar-refractivity contribution in [3.63, 3.8) is 0 Å². The Labute approximate surface area is 151 Å². The maximum Gasteiger partial charge on any atom is 0.294 e. The molecule has 0 saturated heterocycles. The Morgan fingerprint density at radius 2 is 1.85 bits per heavy atom. The number of methoxy groups -OCH3 is 1. The molecule has 1 amide bonds. The molecule has 0 aliphatic heterocycles. The molecule has 0 unspecified atom stereocenters. The molecule has 0 spiro atoms. The molecule has 26 heavy (non-hydrogen) atoms. The zero-order valence-corrected chi connectivity index (χ0v) is 15.6. The third-order valence-corrected chi connectivity index (χ3v) is 4.55. The van der Waals surface area contributed by atoms with E-state index in [-0.39, 0.29) is 28.8 Å². The van der Waals surface area contributed by atoms with E-state index in [0.29, 0.717) is 0 Å². The van der Waals surface area contributed by atoms with Crippen molar-refractivity contribution in [3.05, 3.63) is 52.7 Å². The van der Waals surface area contributed by atoms with Crippen LogP contribution in [0.3, 0.4) is 0 Å². The fraction of sp³-hybridized carbons (Fsp3) is 0.316. The summed E-state index contributed by atoms with van der Waals surface area (Å²) in [4.78, 5) is 31.1. The molecule has 2 aromatic heterocycles. The van der Waals surface area contributed by atoms with Gasteiger partial charge in [0.1, 0.15) is 11.4 Å². The van der Waals surface area contributed by atoms with Crippen LogP contribution < -0.4 is 10.3 Å². The third kappa shape index (κ3) is 2.96. The van der Waals surface area contributed by atoms with Gasteiger partial charge in [0.15, 0.2) is 0 Å². The van der Waals surface area contributed by atoms with Crippen LogP contribution >= 0.6 is 0 Å². The molecule has 7 heteroatoms. The molecule has 0 saturated carbocycles. The lowest BCUT2D eigenvalue weighted by Crippen LogP contribution is -2.33. The van der Waals surface area contributed by atoms with Crippen LogP contribution in [0.15, 0.2) is 41.5 Å². The molecule has 0 aliphatic carbocycles. The number of nitrogens with zero attached hydrogens (tertiary/aromatic N) is 4. The molecule has 0 bridgehead atoms. The Balaban J connectivity index is 2.12. The van der Waals surface area contributed by atoms with E-state index in [1.165, 1.54) is 4.57 Å². The van der Waals surface area contributed by atoms with Gasteiger partial charge in [-0.15, -0.1) is 0 Å². The van der Waals surface area contributed by atoms with Crippen molar-refractivity contribution in [3.8, 4) is 17.0 Å². The first-order valence-corrected chi connectivity index (χ1v) is 8.33. The van der Waals surface area contributed by atoms with Gasteiger partial charge < -0.3 is 14.2 Å². The van der Waals surface area contributed by atoms with Crippen molar-refractivity contribution in [2.45, 2.75) is 19.9 Å². The van der Waals surface area contributed by atoms with Crippen molar-refractivity contribution in [2.24, 2.45) is 7.05 Å². The summed E-state index contributed by atoms with van der Waals surface area (Å²) in [5, 5.41) is 0. The van der Waals surface area contributed by atoms with Gasteiger partial charge in [-0.2, -0.15) is 0 Å². The highest BCUT2D eigenvalue weighted by molar-refractivity contribution is 5.93. The first-order valence-electron chi connectivity index (χ1n) is 8.33. The minimum atomic E-state index is -0.260. The van der Waals surface area contributed by atoms with Crippen LogP contribution in [0.2, 0.25) is 0 Å². The molecule has 3 rings (SSSR count). The van der Waals surface area contributed by atoms with Gasteiger partial charge in [0.25, 0.3) is 11.5 Å². The standard InChI is InChI=1S/C19H22N4O3/c1-12(2)21(3)18(24)15-10-23-11-16(22(4)19(25)17(23)20-15)13-6-8-14(26-5)9-7-13/h6-12H,1-5H3. The van der Waals surface area contributed by atoms with E-state index in [0.717, 1.165) is 17.0 Å². The number of rotatable bonds is 4. The van der Waals surface area contributed by atoms with Crippen LogP contribution in [-0.2, 0) is 7.05 Å². The zero-order valence-electron chi connectivity index (χ0n) is 15.6. The summed E-state index contributed by atoms with van der Waals surface area (Å²) in [5.74, 6) is 0.531. The molecule has 0 radical (unpaired) electrons. The summed E-state index contributed by atoms with van der Waals surface area (Å²) in [6.45, 7) is 3.85. The summed E-state index contributed by atoms with van der Waals surface area (Å²) in [6.07, 6.45) is 3.41. The minimum Gasteiger partial charge on any atom is -0.497 e. The van der Waals surface area contributed by atoms with Gasteiger partial charge >= 0.3 is 0 Å². The highest BCUT2D eigenvalue weighted by Gasteiger charge is 2.20. The molecule has 136 valence electrons. The van der Waals surface area contributed by atoms with E-state index in [2.05, 4.69) is 4.98 Å². The maximum atomic E-state index is 12.7. The normalized spacial score (nSPS) is 11.2. The molecule has 0 atom stereocenters. The summed E-state index contributed by atoms with van der Waals surface area (Å²) in [6, 6.07) is 7.49. The first kappa shape index (κ1) is 17.7. The molecule has 7 nitrogen and oxygen atoms in total. The SMILES string of the molecule is COc1ccc(-c2cn3cc(C(=O)N(C)C(C)C)nc3c(=O)n2C)cc1.